The standard InChI is InChI=1S/C12H20N4O2/c1-2-16-8-11(6-14-16)5-13-12(18)15-4-3-10(7-15)9-17/h6,8,10,17H,2-5,7,9H2,1H3,(H,13,18)/t10-/m1/s1. The number of amides is 2. The normalized spacial score (nSPS) is 19.2. The maximum absolute atomic E-state index is 11.9. The summed E-state index contributed by atoms with van der Waals surface area (Å²) in [5, 5.41) is 16.1. The Kier molecular flexibility index (Phi) is 4.19. The highest BCUT2D eigenvalue weighted by Gasteiger charge is 2.25. The van der Waals surface area contributed by atoms with Gasteiger partial charge in [0.2, 0.25) is 0 Å². The number of likely N-dealkylation sites (tertiary alicyclic amines) is 1. The molecule has 2 amide bonds. The Bertz CT molecular complexity index is 405. The summed E-state index contributed by atoms with van der Waals surface area (Å²) in [6.45, 7) is 4.89. The Morgan fingerprint density at radius 2 is 2.50 bits per heavy atom. The molecule has 1 saturated heterocycles. The van der Waals surface area contributed by atoms with Crippen LogP contribution in [0, 0.1) is 5.92 Å². The van der Waals surface area contributed by atoms with Crippen molar-refractivity contribution in [3.63, 3.8) is 0 Å². The van der Waals surface area contributed by atoms with Crippen molar-refractivity contribution < 1.29 is 9.90 Å². The largest absolute Gasteiger partial charge is 0.396 e. The lowest BCUT2D eigenvalue weighted by Gasteiger charge is -2.16. The number of nitrogens with one attached hydrogen (secondary N) is 1. The summed E-state index contributed by atoms with van der Waals surface area (Å²) >= 11 is 0. The van der Waals surface area contributed by atoms with Crippen LogP contribution >= 0.6 is 0 Å². The number of urea groups is 1. The van der Waals surface area contributed by atoms with E-state index in [-0.39, 0.29) is 18.6 Å². The molecule has 1 atom stereocenters. The molecule has 1 aromatic rings. The van der Waals surface area contributed by atoms with E-state index in [9.17, 15) is 4.79 Å². The first-order chi connectivity index (χ1) is 8.72. The number of aliphatic hydroxyl groups is 1. The molecule has 100 valence electrons. The zero-order chi connectivity index (χ0) is 13.0. The van der Waals surface area contributed by atoms with Crippen LogP contribution in [-0.2, 0) is 13.1 Å². The monoisotopic (exact) mass is 252 g/mol. The molecule has 1 aromatic heterocycles. The maximum atomic E-state index is 11.9. The molecule has 2 rings (SSSR count). The van der Waals surface area contributed by atoms with Gasteiger partial charge in [-0.1, -0.05) is 0 Å². The van der Waals surface area contributed by atoms with E-state index in [0.717, 1.165) is 25.1 Å². The van der Waals surface area contributed by atoms with E-state index >= 15 is 0 Å². The molecule has 1 aliphatic heterocycles. The first kappa shape index (κ1) is 12.9. The van der Waals surface area contributed by atoms with E-state index < -0.39 is 0 Å². The van der Waals surface area contributed by atoms with Gasteiger partial charge in [0.25, 0.3) is 0 Å². The van der Waals surface area contributed by atoms with E-state index in [2.05, 4.69) is 10.4 Å². The topological polar surface area (TPSA) is 70.4 Å². The van der Waals surface area contributed by atoms with Gasteiger partial charge >= 0.3 is 6.03 Å². The Hall–Kier alpha value is -1.56. The number of aliphatic hydroxyl groups excluding tert-OH is 1. The first-order valence-corrected chi connectivity index (χ1v) is 6.38. The number of hydrogen-bond donors (Lipinski definition) is 2. The number of hydrogen-bond acceptors (Lipinski definition) is 3. The van der Waals surface area contributed by atoms with Crippen molar-refractivity contribution in [2.45, 2.75) is 26.4 Å². The molecule has 6 heteroatoms. The van der Waals surface area contributed by atoms with Gasteiger partial charge in [-0.2, -0.15) is 5.10 Å². The maximum Gasteiger partial charge on any atom is 0.317 e. The molecule has 0 aliphatic carbocycles. The Balaban J connectivity index is 1.78. The van der Waals surface area contributed by atoms with Gasteiger partial charge in [-0.15, -0.1) is 0 Å². The summed E-state index contributed by atoms with van der Waals surface area (Å²) in [6.07, 6.45) is 4.59. The van der Waals surface area contributed by atoms with Gasteiger partial charge in [0.1, 0.15) is 0 Å². The van der Waals surface area contributed by atoms with Gasteiger partial charge in [-0.25, -0.2) is 4.79 Å². The predicted octanol–water partition coefficient (Wildman–Crippen LogP) is 0.427. The molecular formula is C12H20N4O2. The number of nitrogens with zero attached hydrogens (tertiary/aromatic N) is 3. The zero-order valence-electron chi connectivity index (χ0n) is 10.7. The lowest BCUT2D eigenvalue weighted by molar-refractivity contribution is 0.198. The Labute approximate surface area is 107 Å². The van der Waals surface area contributed by atoms with Crippen molar-refractivity contribution in [3.8, 4) is 0 Å². The van der Waals surface area contributed by atoms with Crippen LogP contribution in [0.15, 0.2) is 12.4 Å². The van der Waals surface area contributed by atoms with E-state index in [4.69, 9.17) is 5.11 Å². The number of carbonyl (C=O) groups is 1. The summed E-state index contributed by atoms with van der Waals surface area (Å²) in [4.78, 5) is 13.6. The third-order valence-electron chi connectivity index (χ3n) is 3.29. The van der Waals surface area contributed by atoms with Crippen LogP contribution in [0.3, 0.4) is 0 Å². The minimum atomic E-state index is -0.0600. The molecule has 2 heterocycles. The van der Waals surface area contributed by atoms with Crippen molar-refractivity contribution in [2.75, 3.05) is 19.7 Å². The van der Waals surface area contributed by atoms with Gasteiger partial charge in [0.05, 0.1) is 6.20 Å². The number of aryl methyl sites for hydroxylation is 1. The van der Waals surface area contributed by atoms with Crippen LogP contribution in [-0.4, -0.2) is 45.5 Å². The average Bonchev–Trinajstić information content (AvgIpc) is 3.04. The molecule has 0 bridgehead atoms. The smallest absolute Gasteiger partial charge is 0.317 e. The molecule has 0 unspecified atom stereocenters. The van der Waals surface area contributed by atoms with Gasteiger partial charge in [-0.05, 0) is 13.3 Å². The SMILES string of the molecule is CCn1cc(CNC(=O)N2CC[C@@H](CO)C2)cn1. The molecule has 0 saturated carbocycles. The van der Waals surface area contributed by atoms with E-state index in [1.165, 1.54) is 0 Å². The minimum Gasteiger partial charge on any atom is -0.396 e. The van der Waals surface area contributed by atoms with E-state index in [1.54, 1.807) is 11.1 Å². The Morgan fingerprint density at radius 3 is 3.11 bits per heavy atom. The average molecular weight is 252 g/mol. The van der Waals surface area contributed by atoms with Crippen LogP contribution in [0.1, 0.15) is 18.9 Å². The van der Waals surface area contributed by atoms with Crippen molar-refractivity contribution in [1.82, 2.24) is 20.0 Å². The molecule has 18 heavy (non-hydrogen) atoms. The second kappa shape index (κ2) is 5.86. The highest BCUT2D eigenvalue weighted by atomic mass is 16.3. The van der Waals surface area contributed by atoms with Crippen LogP contribution in [0.4, 0.5) is 4.79 Å². The number of carbonyl (C=O) groups excluding carboxylic acids is 1. The summed E-state index contributed by atoms with van der Waals surface area (Å²) in [5.74, 6) is 0.235. The van der Waals surface area contributed by atoms with Crippen molar-refractivity contribution >= 4 is 6.03 Å². The van der Waals surface area contributed by atoms with Gasteiger partial charge in [-0.3, -0.25) is 4.68 Å². The molecule has 1 aliphatic rings. The van der Waals surface area contributed by atoms with Crippen LogP contribution < -0.4 is 5.32 Å². The predicted molar refractivity (Wildman–Crippen MR) is 66.9 cm³/mol. The summed E-state index contributed by atoms with van der Waals surface area (Å²) in [7, 11) is 0. The fourth-order valence-electron chi connectivity index (χ4n) is 2.13. The molecule has 0 radical (unpaired) electrons. The van der Waals surface area contributed by atoms with Gasteiger partial charge in [0, 0.05) is 50.5 Å². The second-order valence-electron chi connectivity index (χ2n) is 4.65. The van der Waals surface area contributed by atoms with Gasteiger partial charge in [0.15, 0.2) is 0 Å². The van der Waals surface area contributed by atoms with E-state index in [0.29, 0.717) is 13.1 Å². The van der Waals surface area contributed by atoms with Crippen molar-refractivity contribution in [1.29, 1.82) is 0 Å². The summed E-state index contributed by atoms with van der Waals surface area (Å²) in [5.41, 5.74) is 1.00. The minimum absolute atomic E-state index is 0.0600. The molecule has 0 spiro atoms. The summed E-state index contributed by atoms with van der Waals surface area (Å²) in [6, 6.07) is -0.0600. The molecule has 1 fully saturated rings. The first-order valence-electron chi connectivity index (χ1n) is 6.38. The second-order valence-corrected chi connectivity index (χ2v) is 4.65. The zero-order valence-corrected chi connectivity index (χ0v) is 10.7. The Morgan fingerprint density at radius 1 is 1.67 bits per heavy atom. The van der Waals surface area contributed by atoms with Crippen molar-refractivity contribution in [3.05, 3.63) is 18.0 Å². The lowest BCUT2D eigenvalue weighted by Crippen LogP contribution is -2.38. The van der Waals surface area contributed by atoms with Crippen molar-refractivity contribution in [2.24, 2.45) is 5.92 Å². The fourth-order valence-corrected chi connectivity index (χ4v) is 2.13. The molecule has 2 N–H and O–H groups in total. The number of rotatable bonds is 4. The molecule has 6 nitrogen and oxygen atoms in total. The van der Waals surface area contributed by atoms with Crippen LogP contribution in [0.25, 0.3) is 0 Å². The lowest BCUT2D eigenvalue weighted by atomic mass is 10.1. The third kappa shape index (κ3) is 3.01. The highest BCUT2D eigenvalue weighted by molar-refractivity contribution is 5.74. The summed E-state index contributed by atoms with van der Waals surface area (Å²) < 4.78 is 1.83. The van der Waals surface area contributed by atoms with Crippen LogP contribution in [0.2, 0.25) is 0 Å². The number of aromatic nitrogens is 2. The van der Waals surface area contributed by atoms with E-state index in [1.807, 2.05) is 17.8 Å². The fraction of sp³-hybridized carbons (Fsp3) is 0.667. The van der Waals surface area contributed by atoms with Gasteiger partial charge < -0.3 is 15.3 Å². The quantitative estimate of drug-likeness (QED) is 0.816. The van der Waals surface area contributed by atoms with Crippen LogP contribution in [0.5, 0.6) is 0 Å². The third-order valence-corrected chi connectivity index (χ3v) is 3.29. The highest BCUT2D eigenvalue weighted by Crippen LogP contribution is 2.15. The molecular weight excluding hydrogens is 232 g/mol. The molecule has 0 aromatic carbocycles.